The van der Waals surface area contributed by atoms with Crippen molar-refractivity contribution in [2.45, 2.75) is 18.1 Å². The number of aromatic nitrogens is 1. The number of anilines is 1. The van der Waals surface area contributed by atoms with Gasteiger partial charge >= 0.3 is 6.18 Å². The van der Waals surface area contributed by atoms with Crippen LogP contribution in [0.25, 0.3) is 16.1 Å². The highest BCUT2D eigenvalue weighted by atomic mass is 35.5. The highest BCUT2D eigenvalue weighted by Gasteiger charge is 2.33. The third-order valence-electron chi connectivity index (χ3n) is 4.55. The molecule has 0 aliphatic heterocycles. The Hall–Kier alpha value is -2.82. The Morgan fingerprint density at radius 2 is 1.91 bits per heavy atom. The minimum atomic E-state index is -4.73. The first-order chi connectivity index (χ1) is 15.3. The van der Waals surface area contributed by atoms with Gasteiger partial charge in [0.15, 0.2) is 14.9 Å². The molecule has 3 aromatic rings. The van der Waals surface area contributed by atoms with Gasteiger partial charge in [0.25, 0.3) is 0 Å². The Balaban J connectivity index is 2.02. The summed E-state index contributed by atoms with van der Waals surface area (Å²) in [5, 5.41) is 0.211. The van der Waals surface area contributed by atoms with Gasteiger partial charge in [0.05, 0.1) is 21.3 Å². The number of hydrogen-bond donors (Lipinski definition) is 1. The summed E-state index contributed by atoms with van der Waals surface area (Å²) in [6, 6.07) is 11.5. The molecule has 0 spiro atoms. The first-order valence-corrected chi connectivity index (χ1v) is 12.4. The third kappa shape index (κ3) is 5.58. The van der Waals surface area contributed by atoms with Gasteiger partial charge in [-0.05, 0) is 42.8 Å². The lowest BCUT2D eigenvalue weighted by molar-refractivity contribution is -0.0928. The number of allylic oxidation sites excluding steroid dienone is 1. The molecule has 0 atom stereocenters. The molecular weight excluding hydrogens is 495 g/mol. The number of rotatable bonds is 6. The number of para-hydroxylation sites is 1. The summed E-state index contributed by atoms with van der Waals surface area (Å²) >= 11 is 7.48. The second kappa shape index (κ2) is 9.20. The lowest BCUT2D eigenvalue weighted by atomic mass is 10.2. The molecule has 0 amide bonds. The van der Waals surface area contributed by atoms with E-state index in [2.05, 4.69) is 11.6 Å². The standard InChI is InChI=1S/C22H19ClF3N3O2S2/c1-13-10-15(11-28-21(13)33(3,30)31)19-9-8-18(32-19)14(2)29(12-20(27)22(24,25)26)17-7-5-4-6-16(17)23/h4-12H,2,27H2,1,3H3/b20-12-. The number of thiophene rings is 1. The average Bonchev–Trinajstić information content (AvgIpc) is 3.20. The zero-order valence-electron chi connectivity index (χ0n) is 17.5. The largest absolute Gasteiger partial charge is 0.432 e. The predicted molar refractivity (Wildman–Crippen MR) is 127 cm³/mol. The van der Waals surface area contributed by atoms with Gasteiger partial charge in [-0.15, -0.1) is 11.3 Å². The van der Waals surface area contributed by atoms with Crippen LogP contribution in [0.2, 0.25) is 5.02 Å². The number of halogens is 4. The van der Waals surface area contributed by atoms with E-state index in [1.165, 1.54) is 22.4 Å². The van der Waals surface area contributed by atoms with Gasteiger partial charge in [-0.3, -0.25) is 0 Å². The summed E-state index contributed by atoms with van der Waals surface area (Å²) in [6.07, 6.45) is -1.46. The van der Waals surface area contributed by atoms with E-state index in [1.807, 2.05) is 0 Å². The first kappa shape index (κ1) is 24.8. The quantitative estimate of drug-likeness (QED) is 0.436. The number of hydrogen-bond acceptors (Lipinski definition) is 6. The second-order valence-electron chi connectivity index (χ2n) is 7.13. The van der Waals surface area contributed by atoms with Gasteiger partial charge in [-0.25, -0.2) is 13.4 Å². The molecule has 2 N–H and O–H groups in total. The van der Waals surface area contributed by atoms with E-state index in [4.69, 9.17) is 17.3 Å². The van der Waals surface area contributed by atoms with E-state index >= 15 is 0 Å². The number of nitrogens with zero attached hydrogens (tertiary/aromatic N) is 2. The number of aryl methyl sites for hydroxylation is 1. The summed E-state index contributed by atoms with van der Waals surface area (Å²) in [7, 11) is -3.46. The number of sulfone groups is 1. The summed E-state index contributed by atoms with van der Waals surface area (Å²) in [4.78, 5) is 6.54. The van der Waals surface area contributed by atoms with Crippen LogP contribution in [0.5, 0.6) is 0 Å². The van der Waals surface area contributed by atoms with Crippen molar-refractivity contribution in [3.63, 3.8) is 0 Å². The maximum absolute atomic E-state index is 13.1. The molecule has 2 heterocycles. The van der Waals surface area contributed by atoms with E-state index in [1.54, 1.807) is 49.4 Å². The fourth-order valence-electron chi connectivity index (χ4n) is 3.00. The molecule has 0 aliphatic carbocycles. The van der Waals surface area contributed by atoms with E-state index in [0.717, 1.165) is 17.3 Å². The van der Waals surface area contributed by atoms with Crippen LogP contribution in [-0.4, -0.2) is 25.8 Å². The molecule has 0 unspecified atom stereocenters. The van der Waals surface area contributed by atoms with Gasteiger partial charge < -0.3 is 10.6 Å². The van der Waals surface area contributed by atoms with E-state index in [0.29, 0.717) is 16.0 Å². The van der Waals surface area contributed by atoms with E-state index in [-0.39, 0.29) is 21.4 Å². The molecule has 5 nitrogen and oxygen atoms in total. The molecule has 0 aliphatic rings. The van der Waals surface area contributed by atoms with Crippen LogP contribution < -0.4 is 10.6 Å². The second-order valence-corrected chi connectivity index (χ2v) is 10.6. The van der Waals surface area contributed by atoms with Crippen LogP contribution in [0.4, 0.5) is 18.9 Å². The lowest BCUT2D eigenvalue weighted by Gasteiger charge is -2.24. The Labute approximate surface area is 198 Å². The Bertz CT molecular complexity index is 1350. The zero-order valence-corrected chi connectivity index (χ0v) is 19.9. The van der Waals surface area contributed by atoms with Gasteiger partial charge in [-0.2, -0.15) is 13.2 Å². The van der Waals surface area contributed by atoms with Crippen molar-refractivity contribution in [1.29, 1.82) is 0 Å². The highest BCUT2D eigenvalue weighted by molar-refractivity contribution is 7.90. The first-order valence-electron chi connectivity index (χ1n) is 9.33. The zero-order chi connectivity index (χ0) is 24.6. The monoisotopic (exact) mass is 513 g/mol. The van der Waals surface area contributed by atoms with Crippen LogP contribution in [-0.2, 0) is 9.84 Å². The van der Waals surface area contributed by atoms with Crippen molar-refractivity contribution < 1.29 is 21.6 Å². The van der Waals surface area contributed by atoms with Crippen LogP contribution in [0, 0.1) is 6.92 Å². The van der Waals surface area contributed by atoms with Crippen molar-refractivity contribution in [3.05, 3.63) is 82.6 Å². The molecule has 0 saturated heterocycles. The molecule has 3 rings (SSSR count). The maximum Gasteiger partial charge on any atom is 0.432 e. The van der Waals surface area contributed by atoms with Crippen molar-refractivity contribution in [1.82, 2.24) is 4.98 Å². The third-order valence-corrected chi connectivity index (χ3v) is 7.19. The molecule has 0 bridgehead atoms. The van der Waals surface area contributed by atoms with Crippen molar-refractivity contribution in [2.75, 3.05) is 11.2 Å². The molecule has 33 heavy (non-hydrogen) atoms. The minimum absolute atomic E-state index is 0.00917. The lowest BCUT2D eigenvalue weighted by Crippen LogP contribution is -2.24. The Morgan fingerprint density at radius 3 is 2.48 bits per heavy atom. The van der Waals surface area contributed by atoms with E-state index in [9.17, 15) is 21.6 Å². The fourth-order valence-corrected chi connectivity index (χ4v) is 5.07. The minimum Gasteiger partial charge on any atom is -0.394 e. The SMILES string of the molecule is C=C(c1ccc(-c2cnc(S(C)(=O)=O)c(C)c2)s1)N(/C=C(\N)C(F)(F)F)c1ccccc1Cl. The topological polar surface area (TPSA) is 76.3 Å². The molecule has 0 fully saturated rings. The molecule has 0 saturated carbocycles. The Morgan fingerprint density at radius 1 is 1.24 bits per heavy atom. The number of nitrogens with two attached hydrogens (primary N) is 1. The van der Waals surface area contributed by atoms with Crippen molar-refractivity contribution in [3.8, 4) is 10.4 Å². The molecule has 174 valence electrons. The molecule has 11 heteroatoms. The summed E-state index contributed by atoms with van der Waals surface area (Å²) in [5.41, 5.74) is 5.62. The number of alkyl halides is 3. The molecular formula is C22H19ClF3N3O2S2. The van der Waals surface area contributed by atoms with Gasteiger partial charge in [0.2, 0.25) is 0 Å². The average molecular weight is 514 g/mol. The molecule has 0 radical (unpaired) electrons. The Kier molecular flexibility index (Phi) is 6.92. The van der Waals surface area contributed by atoms with Gasteiger partial charge in [0, 0.05) is 29.1 Å². The van der Waals surface area contributed by atoms with E-state index < -0.39 is 21.7 Å². The van der Waals surface area contributed by atoms with Gasteiger partial charge in [-0.1, -0.05) is 30.3 Å². The predicted octanol–water partition coefficient (Wildman–Crippen LogP) is 6.02. The van der Waals surface area contributed by atoms with Crippen molar-refractivity contribution in [2.24, 2.45) is 5.73 Å². The summed E-state index contributed by atoms with van der Waals surface area (Å²) < 4.78 is 63.0. The molecule has 2 aromatic heterocycles. The number of benzene rings is 1. The molecule has 1 aromatic carbocycles. The summed E-state index contributed by atoms with van der Waals surface area (Å²) in [6.45, 7) is 5.61. The van der Waals surface area contributed by atoms with Crippen LogP contribution in [0.1, 0.15) is 10.4 Å². The van der Waals surface area contributed by atoms with Crippen molar-refractivity contribution >= 4 is 44.2 Å². The van der Waals surface area contributed by atoms with Gasteiger partial charge in [0.1, 0.15) is 5.70 Å². The summed E-state index contributed by atoms with van der Waals surface area (Å²) in [5.74, 6) is 0. The number of pyridine rings is 1. The normalized spacial score (nSPS) is 12.6. The van der Waals surface area contributed by atoms with Crippen LogP contribution in [0.15, 0.2) is 72.2 Å². The van der Waals surface area contributed by atoms with Crippen LogP contribution >= 0.6 is 22.9 Å². The highest BCUT2D eigenvalue weighted by Crippen LogP contribution is 2.38. The van der Waals surface area contributed by atoms with Crippen LogP contribution in [0.3, 0.4) is 0 Å². The fraction of sp³-hybridized carbons (Fsp3) is 0.136. The smallest absolute Gasteiger partial charge is 0.394 e. The maximum atomic E-state index is 13.1.